The van der Waals surface area contributed by atoms with Gasteiger partial charge in [-0.1, -0.05) is 36.4 Å². The molecular weight excluding hydrogens is 442 g/mol. The number of nitrogens with one attached hydrogen (secondary N) is 1. The van der Waals surface area contributed by atoms with Crippen LogP contribution in [0.4, 0.5) is 5.69 Å². The molecule has 0 unspecified atom stereocenters. The fraction of sp³-hybridized carbons (Fsp3) is 0.167. The second-order valence-corrected chi connectivity index (χ2v) is 8.88. The zero-order chi connectivity index (χ0) is 23.8. The van der Waals surface area contributed by atoms with E-state index >= 15 is 0 Å². The number of nitrogens with zero attached hydrogens (tertiary/aromatic N) is 2. The number of benzene rings is 3. The van der Waals surface area contributed by atoms with E-state index in [2.05, 4.69) is 10.5 Å². The molecule has 0 aliphatic heterocycles. The first-order chi connectivity index (χ1) is 15.9. The minimum absolute atomic E-state index is 0.0925. The Kier molecular flexibility index (Phi) is 7.68. The number of sulfonamides is 1. The number of ether oxygens (including phenoxy) is 2. The van der Waals surface area contributed by atoms with Crippen LogP contribution < -0.4 is 19.2 Å². The van der Waals surface area contributed by atoms with E-state index in [1.807, 2.05) is 0 Å². The number of aryl methyl sites for hydroxylation is 1. The maximum absolute atomic E-state index is 13.3. The molecule has 9 heteroatoms. The summed E-state index contributed by atoms with van der Waals surface area (Å²) in [4.78, 5) is 12.7. The van der Waals surface area contributed by atoms with Gasteiger partial charge in [0.05, 0.1) is 31.0 Å². The Morgan fingerprint density at radius 2 is 1.64 bits per heavy atom. The molecule has 0 saturated heterocycles. The molecule has 0 fully saturated rings. The molecule has 8 nitrogen and oxygen atoms in total. The van der Waals surface area contributed by atoms with Gasteiger partial charge in [0.2, 0.25) is 0 Å². The molecule has 0 bridgehead atoms. The summed E-state index contributed by atoms with van der Waals surface area (Å²) in [6.45, 7) is 1.35. The maximum Gasteiger partial charge on any atom is 0.264 e. The van der Waals surface area contributed by atoms with Gasteiger partial charge in [-0.2, -0.15) is 5.10 Å². The van der Waals surface area contributed by atoms with Crippen LogP contribution in [0.1, 0.15) is 11.1 Å². The van der Waals surface area contributed by atoms with Gasteiger partial charge in [0.25, 0.3) is 15.9 Å². The Morgan fingerprint density at radius 1 is 0.970 bits per heavy atom. The van der Waals surface area contributed by atoms with Crippen LogP contribution >= 0.6 is 0 Å². The summed E-state index contributed by atoms with van der Waals surface area (Å²) in [5, 5.41) is 3.95. The fourth-order valence-corrected chi connectivity index (χ4v) is 4.65. The number of methoxy groups -OCH3 is 2. The molecule has 1 N–H and O–H groups in total. The number of hydrogen-bond acceptors (Lipinski definition) is 6. The first-order valence-corrected chi connectivity index (χ1v) is 11.5. The summed E-state index contributed by atoms with van der Waals surface area (Å²) < 4.78 is 38.2. The zero-order valence-corrected chi connectivity index (χ0v) is 19.4. The van der Waals surface area contributed by atoms with Crippen LogP contribution in [0.3, 0.4) is 0 Å². The summed E-state index contributed by atoms with van der Waals surface area (Å²) in [6.07, 6.45) is 1.43. The summed E-state index contributed by atoms with van der Waals surface area (Å²) in [5.74, 6) is 0.501. The maximum atomic E-state index is 13.3. The van der Waals surface area contributed by atoms with Gasteiger partial charge in [0.15, 0.2) is 11.5 Å². The minimum Gasteiger partial charge on any atom is -0.493 e. The Morgan fingerprint density at radius 3 is 2.30 bits per heavy atom. The molecule has 0 saturated carbocycles. The number of hydrogen-bond donors (Lipinski definition) is 1. The summed E-state index contributed by atoms with van der Waals surface area (Å²) in [5.41, 5.74) is 4.20. The van der Waals surface area contributed by atoms with E-state index in [1.54, 1.807) is 67.6 Å². The second-order valence-electron chi connectivity index (χ2n) is 7.02. The number of hydrazone groups is 1. The predicted molar refractivity (Wildman–Crippen MR) is 127 cm³/mol. The van der Waals surface area contributed by atoms with Crippen LogP contribution in [0.25, 0.3) is 0 Å². The highest BCUT2D eigenvalue weighted by atomic mass is 32.2. The lowest BCUT2D eigenvalue weighted by atomic mass is 10.2. The molecule has 0 aromatic heterocycles. The third-order valence-electron chi connectivity index (χ3n) is 4.81. The highest BCUT2D eigenvalue weighted by molar-refractivity contribution is 7.92. The summed E-state index contributed by atoms with van der Waals surface area (Å²) in [7, 11) is -0.916. The monoisotopic (exact) mass is 467 g/mol. The van der Waals surface area contributed by atoms with Crippen LogP contribution in [0.2, 0.25) is 0 Å². The largest absolute Gasteiger partial charge is 0.493 e. The van der Waals surface area contributed by atoms with Crippen molar-refractivity contribution in [1.82, 2.24) is 5.43 Å². The van der Waals surface area contributed by atoms with Crippen LogP contribution in [0.5, 0.6) is 11.5 Å². The first-order valence-electron chi connectivity index (χ1n) is 10.0. The van der Waals surface area contributed by atoms with Crippen molar-refractivity contribution >= 4 is 27.8 Å². The van der Waals surface area contributed by atoms with Crippen molar-refractivity contribution in [3.8, 4) is 11.5 Å². The van der Waals surface area contributed by atoms with Crippen molar-refractivity contribution in [1.29, 1.82) is 0 Å². The molecule has 3 rings (SSSR count). The summed E-state index contributed by atoms with van der Waals surface area (Å²) in [6, 6.07) is 20.1. The topological polar surface area (TPSA) is 97.3 Å². The molecule has 0 atom stereocenters. The molecule has 0 aliphatic carbocycles. The Balaban J connectivity index is 1.81. The molecule has 0 heterocycles. The van der Waals surface area contributed by atoms with E-state index in [0.29, 0.717) is 22.7 Å². The Hall–Kier alpha value is -3.85. The highest BCUT2D eigenvalue weighted by Gasteiger charge is 2.27. The quantitative estimate of drug-likeness (QED) is 0.384. The smallest absolute Gasteiger partial charge is 0.264 e. The van der Waals surface area contributed by atoms with E-state index in [9.17, 15) is 13.2 Å². The van der Waals surface area contributed by atoms with Gasteiger partial charge in [-0.25, -0.2) is 13.8 Å². The van der Waals surface area contributed by atoms with E-state index in [0.717, 1.165) is 9.87 Å². The lowest BCUT2D eigenvalue weighted by molar-refractivity contribution is -0.119. The average molecular weight is 468 g/mol. The van der Waals surface area contributed by atoms with Crippen LogP contribution in [-0.2, 0) is 14.8 Å². The third kappa shape index (κ3) is 5.69. The number of rotatable bonds is 9. The van der Waals surface area contributed by atoms with Gasteiger partial charge in [-0.3, -0.25) is 9.10 Å². The molecular formula is C24H25N3O5S. The standard InChI is InChI=1S/C24H25N3O5S/c1-18-9-7-8-12-21(18)27(33(29,30)20-10-5-4-6-11-20)17-24(28)26-25-16-19-13-14-22(31-2)23(15-19)32-3/h4-16H,17H2,1-3H3,(H,26,28)/b25-16+. The van der Waals surface area contributed by atoms with Crippen LogP contribution in [0.15, 0.2) is 82.8 Å². The lowest BCUT2D eigenvalue weighted by Gasteiger charge is -2.25. The number of amides is 1. The average Bonchev–Trinajstić information content (AvgIpc) is 2.83. The van der Waals surface area contributed by atoms with E-state index < -0.39 is 22.5 Å². The van der Waals surface area contributed by atoms with E-state index in [4.69, 9.17) is 9.47 Å². The highest BCUT2D eigenvalue weighted by Crippen LogP contribution is 2.27. The zero-order valence-electron chi connectivity index (χ0n) is 18.6. The van der Waals surface area contributed by atoms with Gasteiger partial charge < -0.3 is 9.47 Å². The third-order valence-corrected chi connectivity index (χ3v) is 6.59. The number of carbonyl (C=O) groups is 1. The SMILES string of the molecule is COc1ccc(/C=N/NC(=O)CN(c2ccccc2C)S(=O)(=O)c2ccccc2)cc1OC. The van der Waals surface area contributed by atoms with Crippen molar-refractivity contribution in [3.63, 3.8) is 0 Å². The number of anilines is 1. The molecule has 0 radical (unpaired) electrons. The van der Waals surface area contributed by atoms with Crippen molar-refractivity contribution in [3.05, 3.63) is 83.9 Å². The number of carbonyl (C=O) groups excluding carboxylic acids is 1. The predicted octanol–water partition coefficient (Wildman–Crippen LogP) is 3.36. The van der Waals surface area contributed by atoms with Crippen molar-refractivity contribution in [2.24, 2.45) is 5.10 Å². The molecule has 0 spiro atoms. The Labute approximate surface area is 193 Å². The number of para-hydroxylation sites is 1. The van der Waals surface area contributed by atoms with Gasteiger partial charge in [-0.05, 0) is 54.4 Å². The second kappa shape index (κ2) is 10.6. The van der Waals surface area contributed by atoms with Crippen molar-refractivity contribution in [2.75, 3.05) is 25.1 Å². The molecule has 33 heavy (non-hydrogen) atoms. The minimum atomic E-state index is -3.98. The molecule has 172 valence electrons. The Bertz CT molecular complexity index is 1240. The molecule has 3 aromatic carbocycles. The van der Waals surface area contributed by atoms with Gasteiger partial charge >= 0.3 is 0 Å². The van der Waals surface area contributed by atoms with Gasteiger partial charge in [0, 0.05) is 0 Å². The first kappa shape index (κ1) is 23.8. The van der Waals surface area contributed by atoms with Crippen LogP contribution in [-0.4, -0.2) is 41.3 Å². The molecule has 3 aromatic rings. The summed E-state index contributed by atoms with van der Waals surface area (Å²) >= 11 is 0. The normalized spacial score (nSPS) is 11.2. The lowest BCUT2D eigenvalue weighted by Crippen LogP contribution is -2.40. The van der Waals surface area contributed by atoms with Crippen molar-refractivity contribution in [2.45, 2.75) is 11.8 Å². The van der Waals surface area contributed by atoms with Crippen LogP contribution in [0, 0.1) is 6.92 Å². The van der Waals surface area contributed by atoms with E-state index in [-0.39, 0.29) is 4.90 Å². The van der Waals surface area contributed by atoms with Gasteiger partial charge in [-0.15, -0.1) is 0 Å². The molecule has 1 amide bonds. The van der Waals surface area contributed by atoms with Gasteiger partial charge in [0.1, 0.15) is 6.54 Å². The van der Waals surface area contributed by atoms with E-state index in [1.165, 1.54) is 32.6 Å². The molecule has 0 aliphatic rings. The van der Waals surface area contributed by atoms with Crippen molar-refractivity contribution < 1.29 is 22.7 Å². The fourth-order valence-electron chi connectivity index (χ4n) is 3.14.